The molecule has 6 heteroatoms. The first kappa shape index (κ1) is 12.6. The lowest BCUT2D eigenvalue weighted by Gasteiger charge is -2.06. The first-order valence-corrected chi connectivity index (χ1v) is 6.25. The summed E-state index contributed by atoms with van der Waals surface area (Å²) in [5, 5.41) is 10.2. The number of hydrogen-bond acceptors (Lipinski definition) is 3. The molecule has 1 N–H and O–H groups in total. The predicted octanol–water partition coefficient (Wildman–Crippen LogP) is 2.99. The summed E-state index contributed by atoms with van der Waals surface area (Å²) in [6.07, 6.45) is 4.89. The molecule has 0 aromatic carbocycles. The lowest BCUT2D eigenvalue weighted by molar-refractivity contribution is 0.0696. The van der Waals surface area contributed by atoms with E-state index in [1.54, 1.807) is 6.20 Å². The van der Waals surface area contributed by atoms with E-state index in [1.165, 1.54) is 12.3 Å². The van der Waals surface area contributed by atoms with Crippen molar-refractivity contribution in [3.05, 3.63) is 47.4 Å². The maximum absolute atomic E-state index is 10.9. The largest absolute Gasteiger partial charge is 0.478 e. The minimum Gasteiger partial charge on any atom is -0.478 e. The second-order valence-corrected chi connectivity index (χ2v) is 4.79. The molecule has 0 saturated carbocycles. The van der Waals surface area contributed by atoms with E-state index in [-0.39, 0.29) is 5.56 Å². The van der Waals surface area contributed by atoms with E-state index < -0.39 is 5.97 Å². The van der Waals surface area contributed by atoms with Gasteiger partial charge >= 0.3 is 5.97 Å². The van der Waals surface area contributed by atoms with Gasteiger partial charge in [-0.3, -0.25) is 4.98 Å². The first-order chi connectivity index (χ1) is 9.58. The molecule has 0 spiro atoms. The molecule has 20 heavy (non-hydrogen) atoms. The summed E-state index contributed by atoms with van der Waals surface area (Å²) < 4.78 is 1.90. The van der Waals surface area contributed by atoms with Crippen molar-refractivity contribution in [2.24, 2.45) is 7.05 Å². The minimum atomic E-state index is -1.05. The second kappa shape index (κ2) is 4.61. The van der Waals surface area contributed by atoms with Gasteiger partial charge in [0.1, 0.15) is 5.65 Å². The topological polar surface area (TPSA) is 68.0 Å². The summed E-state index contributed by atoms with van der Waals surface area (Å²) in [5.41, 5.74) is 2.27. The minimum absolute atomic E-state index is 0.0668. The smallest absolute Gasteiger partial charge is 0.337 e. The maximum Gasteiger partial charge on any atom is 0.337 e. The maximum atomic E-state index is 10.9. The van der Waals surface area contributed by atoms with Crippen molar-refractivity contribution in [1.82, 2.24) is 14.5 Å². The standard InChI is InChI=1S/C14H10ClN3O2/c1-18-5-3-10-9(2-4-16-13(10)18)12-11(15)6-8(7-17-12)14(19)20/h2-7H,1H3,(H,19,20). The molecular weight excluding hydrogens is 278 g/mol. The Hall–Kier alpha value is -2.40. The number of aryl methyl sites for hydroxylation is 1. The molecule has 0 saturated heterocycles. The number of nitrogens with zero attached hydrogens (tertiary/aromatic N) is 3. The van der Waals surface area contributed by atoms with Crippen LogP contribution >= 0.6 is 11.6 Å². The molecule has 0 bridgehead atoms. The summed E-state index contributed by atoms with van der Waals surface area (Å²) >= 11 is 6.16. The van der Waals surface area contributed by atoms with Crippen molar-refractivity contribution in [2.75, 3.05) is 0 Å². The van der Waals surface area contributed by atoms with Gasteiger partial charge in [-0.2, -0.15) is 0 Å². The Balaban J connectivity index is 2.23. The Kier molecular flexibility index (Phi) is 2.91. The number of rotatable bonds is 2. The lowest BCUT2D eigenvalue weighted by atomic mass is 10.1. The molecule has 0 aliphatic carbocycles. The van der Waals surface area contributed by atoms with Crippen molar-refractivity contribution in [1.29, 1.82) is 0 Å². The molecule has 3 heterocycles. The highest BCUT2D eigenvalue weighted by atomic mass is 35.5. The summed E-state index contributed by atoms with van der Waals surface area (Å²) in [7, 11) is 1.90. The summed E-state index contributed by atoms with van der Waals surface area (Å²) in [4.78, 5) is 19.4. The van der Waals surface area contributed by atoms with Gasteiger partial charge in [-0.1, -0.05) is 11.6 Å². The molecule has 5 nitrogen and oxygen atoms in total. The van der Waals surface area contributed by atoms with Gasteiger partial charge in [0.25, 0.3) is 0 Å². The highest BCUT2D eigenvalue weighted by Crippen LogP contribution is 2.31. The Morgan fingerprint density at radius 2 is 2.15 bits per heavy atom. The lowest BCUT2D eigenvalue weighted by Crippen LogP contribution is -1.98. The van der Waals surface area contributed by atoms with Crippen molar-refractivity contribution in [3.63, 3.8) is 0 Å². The summed E-state index contributed by atoms with van der Waals surface area (Å²) in [6.45, 7) is 0. The number of fused-ring (bicyclic) bond motifs is 1. The van der Waals surface area contributed by atoms with E-state index in [9.17, 15) is 4.79 Å². The van der Waals surface area contributed by atoms with E-state index in [0.29, 0.717) is 10.7 Å². The fourth-order valence-corrected chi connectivity index (χ4v) is 2.39. The molecule has 100 valence electrons. The molecular formula is C14H10ClN3O2. The Morgan fingerprint density at radius 1 is 1.35 bits per heavy atom. The number of pyridine rings is 2. The van der Waals surface area contributed by atoms with Crippen LogP contribution < -0.4 is 0 Å². The van der Waals surface area contributed by atoms with E-state index in [1.807, 2.05) is 29.9 Å². The summed E-state index contributed by atoms with van der Waals surface area (Å²) in [6, 6.07) is 5.15. The van der Waals surface area contributed by atoms with Crippen LogP contribution in [0.4, 0.5) is 0 Å². The van der Waals surface area contributed by atoms with Crippen LogP contribution in [0.5, 0.6) is 0 Å². The van der Waals surface area contributed by atoms with E-state index in [4.69, 9.17) is 16.7 Å². The SMILES string of the molecule is Cn1ccc2c(-c3ncc(C(=O)O)cc3Cl)ccnc21. The third kappa shape index (κ3) is 1.92. The van der Waals surface area contributed by atoms with Crippen LogP contribution in [0, 0.1) is 0 Å². The van der Waals surface area contributed by atoms with Crippen LogP contribution in [0.2, 0.25) is 5.02 Å². The van der Waals surface area contributed by atoms with Gasteiger partial charge in [-0.15, -0.1) is 0 Å². The average Bonchev–Trinajstić information content (AvgIpc) is 2.81. The van der Waals surface area contributed by atoms with Crippen molar-refractivity contribution >= 4 is 28.6 Å². The highest BCUT2D eigenvalue weighted by molar-refractivity contribution is 6.33. The molecule has 3 aromatic heterocycles. The van der Waals surface area contributed by atoms with E-state index in [0.717, 1.165) is 16.6 Å². The van der Waals surface area contributed by atoms with Gasteiger partial charge < -0.3 is 9.67 Å². The van der Waals surface area contributed by atoms with Crippen molar-refractivity contribution in [3.8, 4) is 11.3 Å². The van der Waals surface area contributed by atoms with Gasteiger partial charge in [0, 0.05) is 36.6 Å². The average molecular weight is 288 g/mol. The molecule has 0 atom stereocenters. The molecule has 0 radical (unpaired) electrons. The van der Waals surface area contributed by atoms with Crippen molar-refractivity contribution < 1.29 is 9.90 Å². The van der Waals surface area contributed by atoms with Crippen molar-refractivity contribution in [2.45, 2.75) is 0 Å². The number of carbonyl (C=O) groups is 1. The highest BCUT2D eigenvalue weighted by Gasteiger charge is 2.13. The molecule has 0 fully saturated rings. The molecule has 0 unspecified atom stereocenters. The zero-order valence-corrected chi connectivity index (χ0v) is 11.3. The molecule has 0 aliphatic heterocycles. The van der Waals surface area contributed by atoms with Gasteiger partial charge in [0.05, 0.1) is 16.3 Å². The quantitative estimate of drug-likeness (QED) is 0.787. The van der Waals surface area contributed by atoms with Crippen LogP contribution in [0.25, 0.3) is 22.3 Å². The van der Waals surface area contributed by atoms with Crippen LogP contribution in [-0.4, -0.2) is 25.6 Å². The van der Waals surface area contributed by atoms with E-state index >= 15 is 0 Å². The number of halogens is 1. The predicted molar refractivity (Wildman–Crippen MR) is 75.9 cm³/mol. The number of aromatic carboxylic acids is 1. The normalized spacial score (nSPS) is 10.9. The van der Waals surface area contributed by atoms with Gasteiger partial charge in [0.2, 0.25) is 0 Å². The van der Waals surface area contributed by atoms with Crippen LogP contribution in [0.1, 0.15) is 10.4 Å². The number of aromatic nitrogens is 3. The van der Waals surface area contributed by atoms with Crippen LogP contribution in [0.15, 0.2) is 36.8 Å². The van der Waals surface area contributed by atoms with Crippen LogP contribution in [-0.2, 0) is 7.05 Å². The number of carboxylic acids is 1. The second-order valence-electron chi connectivity index (χ2n) is 4.38. The monoisotopic (exact) mass is 287 g/mol. The molecule has 0 aliphatic rings. The van der Waals surface area contributed by atoms with Gasteiger partial charge in [-0.05, 0) is 18.2 Å². The third-order valence-electron chi connectivity index (χ3n) is 3.11. The number of hydrogen-bond donors (Lipinski definition) is 1. The fourth-order valence-electron chi connectivity index (χ4n) is 2.12. The van der Waals surface area contributed by atoms with Crippen LogP contribution in [0.3, 0.4) is 0 Å². The van der Waals surface area contributed by atoms with Gasteiger partial charge in [0.15, 0.2) is 0 Å². The Bertz CT molecular complexity index is 826. The third-order valence-corrected chi connectivity index (χ3v) is 3.40. The zero-order valence-electron chi connectivity index (χ0n) is 10.5. The number of carboxylic acid groups (broad SMARTS) is 1. The first-order valence-electron chi connectivity index (χ1n) is 5.87. The zero-order chi connectivity index (χ0) is 14.3. The molecule has 3 rings (SSSR count). The Morgan fingerprint density at radius 3 is 2.85 bits per heavy atom. The molecule has 3 aromatic rings. The molecule has 0 amide bonds. The fraction of sp³-hybridized carbons (Fsp3) is 0.0714. The Labute approximate surface area is 119 Å². The van der Waals surface area contributed by atoms with E-state index in [2.05, 4.69) is 9.97 Å². The van der Waals surface area contributed by atoms with Gasteiger partial charge in [-0.25, -0.2) is 9.78 Å². The summed E-state index contributed by atoms with van der Waals surface area (Å²) in [5.74, 6) is -1.05.